The smallest absolute Gasteiger partial charge is 0.0195 e. The van der Waals surface area contributed by atoms with Crippen LogP contribution < -0.4 is 5.32 Å². The van der Waals surface area contributed by atoms with Gasteiger partial charge < -0.3 is 10.2 Å². The van der Waals surface area contributed by atoms with Crippen LogP contribution in [0.5, 0.6) is 0 Å². The summed E-state index contributed by atoms with van der Waals surface area (Å²) in [5.41, 5.74) is 0.268. The molecule has 0 aliphatic carbocycles. The summed E-state index contributed by atoms with van der Waals surface area (Å²) in [6, 6.07) is 0.626. The lowest BCUT2D eigenvalue weighted by Crippen LogP contribution is -2.47. The Morgan fingerprint density at radius 3 is 2.18 bits per heavy atom. The Morgan fingerprint density at radius 2 is 1.76 bits per heavy atom. The second-order valence-electron chi connectivity index (χ2n) is 5.90. The van der Waals surface area contributed by atoms with E-state index in [9.17, 15) is 0 Å². The SMILES string of the molecule is CCN(CCNC(C)(C)CC)C(C)CN(C)C. The molecule has 0 rings (SSSR count). The molecule has 0 spiro atoms. The maximum atomic E-state index is 3.63. The van der Waals surface area contributed by atoms with Crippen LogP contribution in [0.2, 0.25) is 0 Å². The van der Waals surface area contributed by atoms with Crippen molar-refractivity contribution in [3.05, 3.63) is 0 Å². The van der Waals surface area contributed by atoms with Crippen molar-refractivity contribution in [2.45, 2.75) is 52.6 Å². The van der Waals surface area contributed by atoms with Gasteiger partial charge >= 0.3 is 0 Å². The van der Waals surface area contributed by atoms with Gasteiger partial charge in [-0.15, -0.1) is 0 Å². The molecule has 0 aliphatic heterocycles. The maximum Gasteiger partial charge on any atom is 0.0195 e. The molecule has 0 heterocycles. The van der Waals surface area contributed by atoms with Gasteiger partial charge in [-0.05, 0) is 47.8 Å². The number of nitrogens with one attached hydrogen (secondary N) is 1. The minimum absolute atomic E-state index is 0.268. The van der Waals surface area contributed by atoms with Crippen molar-refractivity contribution >= 4 is 0 Å². The molecule has 0 radical (unpaired) electrons. The van der Waals surface area contributed by atoms with E-state index in [1.54, 1.807) is 0 Å². The van der Waals surface area contributed by atoms with Crippen molar-refractivity contribution < 1.29 is 0 Å². The average molecular weight is 243 g/mol. The number of nitrogens with zero attached hydrogens (tertiary/aromatic N) is 2. The van der Waals surface area contributed by atoms with E-state index in [-0.39, 0.29) is 5.54 Å². The van der Waals surface area contributed by atoms with Crippen molar-refractivity contribution in [2.24, 2.45) is 0 Å². The van der Waals surface area contributed by atoms with E-state index in [0.717, 1.165) is 26.2 Å². The minimum atomic E-state index is 0.268. The van der Waals surface area contributed by atoms with Crippen molar-refractivity contribution in [1.82, 2.24) is 15.1 Å². The molecule has 0 saturated heterocycles. The largest absolute Gasteiger partial charge is 0.311 e. The Kier molecular flexibility index (Phi) is 8.01. The van der Waals surface area contributed by atoms with Crippen LogP contribution in [-0.2, 0) is 0 Å². The van der Waals surface area contributed by atoms with E-state index < -0.39 is 0 Å². The summed E-state index contributed by atoms with van der Waals surface area (Å²) in [5, 5.41) is 3.63. The van der Waals surface area contributed by atoms with Crippen molar-refractivity contribution in [1.29, 1.82) is 0 Å². The molecule has 104 valence electrons. The molecule has 0 amide bonds. The monoisotopic (exact) mass is 243 g/mol. The van der Waals surface area contributed by atoms with Gasteiger partial charge in [0.05, 0.1) is 0 Å². The van der Waals surface area contributed by atoms with Gasteiger partial charge in [-0.1, -0.05) is 13.8 Å². The average Bonchev–Trinajstić information content (AvgIpc) is 2.23. The molecule has 0 bridgehead atoms. The number of rotatable bonds is 9. The number of likely N-dealkylation sites (N-methyl/N-ethyl adjacent to an activating group) is 2. The van der Waals surface area contributed by atoms with E-state index >= 15 is 0 Å². The highest BCUT2D eigenvalue weighted by Crippen LogP contribution is 2.06. The van der Waals surface area contributed by atoms with Crippen LogP contribution in [0.25, 0.3) is 0 Å². The summed E-state index contributed by atoms with van der Waals surface area (Å²) < 4.78 is 0. The fraction of sp³-hybridized carbons (Fsp3) is 1.00. The minimum Gasteiger partial charge on any atom is -0.311 e. The van der Waals surface area contributed by atoms with Gasteiger partial charge in [0.2, 0.25) is 0 Å². The van der Waals surface area contributed by atoms with Crippen LogP contribution >= 0.6 is 0 Å². The zero-order valence-corrected chi connectivity index (χ0v) is 13.0. The third-order valence-electron chi connectivity index (χ3n) is 3.55. The van der Waals surface area contributed by atoms with Crippen LogP contribution in [-0.4, -0.2) is 61.7 Å². The normalized spacial score (nSPS) is 14.6. The molecule has 0 aliphatic rings. The second kappa shape index (κ2) is 8.06. The molecule has 0 aromatic carbocycles. The first-order chi connectivity index (χ1) is 7.82. The van der Waals surface area contributed by atoms with Gasteiger partial charge in [0.25, 0.3) is 0 Å². The first-order valence-corrected chi connectivity index (χ1v) is 6.96. The van der Waals surface area contributed by atoms with Gasteiger partial charge in [-0.2, -0.15) is 0 Å². The molecule has 1 atom stereocenters. The molecule has 0 aromatic heterocycles. The molecule has 0 saturated carbocycles. The summed E-state index contributed by atoms with van der Waals surface area (Å²) in [6.07, 6.45) is 1.17. The Bertz CT molecular complexity index is 190. The Balaban J connectivity index is 3.97. The molecular formula is C14H33N3. The molecule has 3 heteroatoms. The molecule has 1 unspecified atom stereocenters. The highest BCUT2D eigenvalue weighted by Gasteiger charge is 2.16. The zero-order valence-electron chi connectivity index (χ0n) is 13.0. The van der Waals surface area contributed by atoms with Crippen molar-refractivity contribution in [3.63, 3.8) is 0 Å². The summed E-state index contributed by atoms with van der Waals surface area (Å²) in [5.74, 6) is 0. The number of hydrogen-bond donors (Lipinski definition) is 1. The topological polar surface area (TPSA) is 18.5 Å². The fourth-order valence-electron chi connectivity index (χ4n) is 2.00. The fourth-order valence-corrected chi connectivity index (χ4v) is 2.00. The van der Waals surface area contributed by atoms with E-state index in [2.05, 4.69) is 63.8 Å². The predicted octanol–water partition coefficient (Wildman–Crippen LogP) is 2.04. The van der Waals surface area contributed by atoms with Crippen LogP contribution in [0.15, 0.2) is 0 Å². The summed E-state index contributed by atoms with van der Waals surface area (Å²) in [7, 11) is 4.28. The Morgan fingerprint density at radius 1 is 1.18 bits per heavy atom. The lowest BCUT2D eigenvalue weighted by Gasteiger charge is -2.32. The lowest BCUT2D eigenvalue weighted by atomic mass is 10.0. The zero-order chi connectivity index (χ0) is 13.5. The lowest BCUT2D eigenvalue weighted by molar-refractivity contribution is 0.176. The summed E-state index contributed by atoms with van der Waals surface area (Å²) in [6.45, 7) is 15.8. The van der Waals surface area contributed by atoms with Gasteiger partial charge in [0, 0.05) is 31.2 Å². The Hall–Kier alpha value is -0.120. The molecular weight excluding hydrogens is 210 g/mol. The molecule has 0 aromatic rings. The summed E-state index contributed by atoms with van der Waals surface area (Å²) >= 11 is 0. The molecule has 1 N–H and O–H groups in total. The van der Waals surface area contributed by atoms with Gasteiger partial charge in [0.1, 0.15) is 0 Å². The van der Waals surface area contributed by atoms with E-state index in [0.29, 0.717) is 6.04 Å². The maximum absolute atomic E-state index is 3.63. The van der Waals surface area contributed by atoms with Crippen LogP contribution in [0, 0.1) is 0 Å². The molecule has 0 fully saturated rings. The van der Waals surface area contributed by atoms with E-state index in [1.165, 1.54) is 6.42 Å². The highest BCUT2D eigenvalue weighted by atomic mass is 15.2. The Labute approximate surface area is 109 Å². The highest BCUT2D eigenvalue weighted by molar-refractivity contribution is 4.77. The summed E-state index contributed by atoms with van der Waals surface area (Å²) in [4.78, 5) is 4.80. The first-order valence-electron chi connectivity index (χ1n) is 6.96. The van der Waals surface area contributed by atoms with Crippen molar-refractivity contribution in [2.75, 3.05) is 40.3 Å². The van der Waals surface area contributed by atoms with Gasteiger partial charge in [-0.3, -0.25) is 4.90 Å². The molecule has 17 heavy (non-hydrogen) atoms. The van der Waals surface area contributed by atoms with Gasteiger partial charge in [-0.25, -0.2) is 0 Å². The predicted molar refractivity (Wildman–Crippen MR) is 77.6 cm³/mol. The third kappa shape index (κ3) is 7.74. The standard InChI is InChI=1S/C14H33N3/c1-8-14(4,5)15-10-11-17(9-2)13(3)12-16(6)7/h13,15H,8-12H2,1-7H3. The van der Waals surface area contributed by atoms with E-state index in [4.69, 9.17) is 0 Å². The van der Waals surface area contributed by atoms with Crippen LogP contribution in [0.4, 0.5) is 0 Å². The quantitative estimate of drug-likeness (QED) is 0.668. The third-order valence-corrected chi connectivity index (χ3v) is 3.55. The van der Waals surface area contributed by atoms with E-state index in [1.807, 2.05) is 0 Å². The van der Waals surface area contributed by atoms with Crippen LogP contribution in [0.3, 0.4) is 0 Å². The van der Waals surface area contributed by atoms with Gasteiger partial charge in [0.15, 0.2) is 0 Å². The molecule has 3 nitrogen and oxygen atoms in total. The van der Waals surface area contributed by atoms with Crippen LogP contribution in [0.1, 0.15) is 41.0 Å². The van der Waals surface area contributed by atoms with Crippen molar-refractivity contribution in [3.8, 4) is 0 Å². The second-order valence-corrected chi connectivity index (χ2v) is 5.90. The first kappa shape index (κ1) is 16.9. The number of hydrogen-bond acceptors (Lipinski definition) is 3.